The molecule has 1 aromatic carbocycles. The Morgan fingerprint density at radius 3 is 2.73 bits per heavy atom. The third kappa shape index (κ3) is 5.18. The van der Waals surface area contributed by atoms with Gasteiger partial charge in [-0.15, -0.1) is 11.3 Å². The van der Waals surface area contributed by atoms with Crippen molar-refractivity contribution in [2.75, 3.05) is 13.1 Å². The van der Waals surface area contributed by atoms with Crippen LogP contribution in [-0.2, 0) is 27.8 Å². The first-order chi connectivity index (χ1) is 15.8. The lowest BCUT2D eigenvalue weighted by Crippen LogP contribution is -2.45. The van der Waals surface area contributed by atoms with Crippen LogP contribution in [0.3, 0.4) is 0 Å². The van der Waals surface area contributed by atoms with E-state index in [1.807, 2.05) is 38.1 Å². The molecule has 3 heterocycles. The fraction of sp³-hybridized carbons (Fsp3) is 0.435. The molecular weight excluding hydrogens is 460 g/mol. The number of carbonyl (C=O) groups is 1. The number of carbonyl (C=O) groups excluding carboxylic acids is 1. The van der Waals surface area contributed by atoms with Crippen molar-refractivity contribution >= 4 is 27.3 Å². The van der Waals surface area contributed by atoms with E-state index in [1.54, 1.807) is 13.0 Å². The lowest BCUT2D eigenvalue weighted by Gasteiger charge is -2.31. The van der Waals surface area contributed by atoms with Crippen molar-refractivity contribution in [3.8, 4) is 10.7 Å². The summed E-state index contributed by atoms with van der Waals surface area (Å²) in [5.74, 6) is 0.420. The lowest BCUT2D eigenvalue weighted by atomic mass is 9.98. The van der Waals surface area contributed by atoms with Crippen LogP contribution in [0.25, 0.3) is 10.7 Å². The molecule has 33 heavy (non-hydrogen) atoms. The summed E-state index contributed by atoms with van der Waals surface area (Å²) in [5, 5.41) is 6.91. The van der Waals surface area contributed by atoms with Gasteiger partial charge in [0.1, 0.15) is 0 Å². The van der Waals surface area contributed by atoms with Crippen LogP contribution in [0.1, 0.15) is 41.7 Å². The Morgan fingerprint density at radius 1 is 1.27 bits per heavy atom. The zero-order valence-corrected chi connectivity index (χ0v) is 20.6. The first kappa shape index (κ1) is 23.6. The van der Waals surface area contributed by atoms with Gasteiger partial charge < -0.3 is 9.84 Å². The smallest absolute Gasteiger partial charge is 0.244 e. The Kier molecular flexibility index (Phi) is 6.96. The van der Waals surface area contributed by atoms with Crippen molar-refractivity contribution in [3.63, 3.8) is 0 Å². The van der Waals surface area contributed by atoms with Gasteiger partial charge in [-0.25, -0.2) is 8.42 Å². The summed E-state index contributed by atoms with van der Waals surface area (Å²) in [4.78, 5) is 18.6. The fourth-order valence-corrected chi connectivity index (χ4v) is 6.89. The number of rotatable bonds is 7. The molecule has 0 spiro atoms. The van der Waals surface area contributed by atoms with Gasteiger partial charge in [0.05, 0.1) is 15.7 Å². The predicted molar refractivity (Wildman–Crippen MR) is 126 cm³/mol. The van der Waals surface area contributed by atoms with Gasteiger partial charge in [0.15, 0.2) is 0 Å². The Morgan fingerprint density at radius 2 is 2.03 bits per heavy atom. The van der Waals surface area contributed by atoms with Gasteiger partial charge in [-0.1, -0.05) is 41.9 Å². The zero-order valence-electron chi connectivity index (χ0n) is 19.0. The minimum absolute atomic E-state index is 0.114. The number of thiophene rings is 1. The van der Waals surface area contributed by atoms with Crippen molar-refractivity contribution in [2.45, 2.75) is 51.5 Å². The van der Waals surface area contributed by atoms with E-state index in [-0.39, 0.29) is 23.3 Å². The minimum atomic E-state index is -3.74. The monoisotopic (exact) mass is 488 g/mol. The number of sulfonamides is 1. The fourth-order valence-electron chi connectivity index (χ4n) is 3.88. The molecule has 0 radical (unpaired) electrons. The van der Waals surface area contributed by atoms with E-state index in [1.165, 1.54) is 15.6 Å². The zero-order chi connectivity index (χ0) is 23.6. The van der Waals surface area contributed by atoms with Gasteiger partial charge in [0.25, 0.3) is 0 Å². The molecule has 1 amide bonds. The Bertz CT molecular complexity index is 1230. The van der Waals surface area contributed by atoms with Gasteiger partial charge in [0.2, 0.25) is 27.6 Å². The van der Waals surface area contributed by atoms with Crippen LogP contribution in [0.2, 0.25) is 0 Å². The summed E-state index contributed by atoms with van der Waals surface area (Å²) in [5.41, 5.74) is 2.18. The summed E-state index contributed by atoms with van der Waals surface area (Å²) < 4.78 is 33.5. The minimum Gasteiger partial charge on any atom is -0.352 e. The van der Waals surface area contributed by atoms with Crippen LogP contribution >= 0.6 is 11.3 Å². The van der Waals surface area contributed by atoms with E-state index in [2.05, 4.69) is 15.5 Å². The molecular formula is C23H28N4O4S2. The summed E-state index contributed by atoms with van der Waals surface area (Å²) in [6.45, 7) is 6.71. The molecule has 0 saturated carbocycles. The summed E-state index contributed by atoms with van der Waals surface area (Å²) in [7, 11) is -3.74. The van der Waals surface area contributed by atoms with Crippen LogP contribution in [0.5, 0.6) is 0 Å². The standard InChI is InChI=1S/C23H28N4O4S2/c1-4-21-25-22(26-31-21)19-12-20(16(3)32-19)33(29,30)27-11-5-6-18(14-27)23(28)24-13-17-9-7-15(2)8-10-17/h7-10,12,18H,4-6,11,13-14H2,1-3H3,(H,24,28)/t18-/m0/s1. The van der Waals surface area contributed by atoms with Crippen LogP contribution in [0, 0.1) is 19.8 Å². The van der Waals surface area contributed by atoms with Crippen molar-refractivity contribution in [1.29, 1.82) is 0 Å². The first-order valence-electron chi connectivity index (χ1n) is 11.0. The van der Waals surface area contributed by atoms with Gasteiger partial charge in [-0.05, 0) is 38.3 Å². The summed E-state index contributed by atoms with van der Waals surface area (Å²) in [6, 6.07) is 9.59. The number of aromatic nitrogens is 2. The van der Waals surface area contributed by atoms with Gasteiger partial charge in [0, 0.05) is 30.9 Å². The molecule has 10 heteroatoms. The van der Waals surface area contributed by atoms with E-state index in [0.29, 0.717) is 53.8 Å². The molecule has 1 saturated heterocycles. The summed E-state index contributed by atoms with van der Waals surface area (Å²) >= 11 is 1.33. The SMILES string of the molecule is CCc1nc(-c2cc(S(=O)(=O)N3CCC[C@H](C(=O)NCc4ccc(C)cc4)C3)c(C)s2)no1. The van der Waals surface area contributed by atoms with Crippen LogP contribution in [0.4, 0.5) is 0 Å². The molecule has 1 atom stereocenters. The maximum absolute atomic E-state index is 13.4. The molecule has 176 valence electrons. The molecule has 1 aliphatic rings. The highest BCUT2D eigenvalue weighted by Crippen LogP contribution is 2.35. The van der Waals surface area contributed by atoms with Crippen molar-refractivity contribution in [1.82, 2.24) is 19.8 Å². The molecule has 0 bridgehead atoms. The summed E-state index contributed by atoms with van der Waals surface area (Å²) in [6.07, 6.45) is 1.93. The van der Waals surface area contributed by atoms with Crippen molar-refractivity contribution in [2.24, 2.45) is 5.92 Å². The largest absolute Gasteiger partial charge is 0.352 e. The first-order valence-corrected chi connectivity index (χ1v) is 13.3. The quantitative estimate of drug-likeness (QED) is 0.544. The third-order valence-corrected chi connectivity index (χ3v) is 8.99. The van der Waals surface area contributed by atoms with Crippen LogP contribution in [-0.4, -0.2) is 41.9 Å². The van der Waals surface area contributed by atoms with E-state index in [0.717, 1.165) is 11.1 Å². The Labute approximate surface area is 198 Å². The Hall–Kier alpha value is -2.56. The van der Waals surface area contributed by atoms with Crippen LogP contribution < -0.4 is 5.32 Å². The number of piperidine rings is 1. The second-order valence-corrected chi connectivity index (χ2v) is 11.5. The second kappa shape index (κ2) is 9.74. The van der Waals surface area contributed by atoms with Gasteiger partial charge in [-0.3, -0.25) is 4.79 Å². The number of hydrogen-bond donors (Lipinski definition) is 1. The third-order valence-electron chi connectivity index (χ3n) is 5.82. The highest BCUT2D eigenvalue weighted by atomic mass is 32.2. The maximum Gasteiger partial charge on any atom is 0.244 e. The molecule has 8 nitrogen and oxygen atoms in total. The van der Waals surface area contributed by atoms with E-state index >= 15 is 0 Å². The number of nitrogens with zero attached hydrogens (tertiary/aromatic N) is 3. The lowest BCUT2D eigenvalue weighted by molar-refractivity contribution is -0.126. The van der Waals surface area contributed by atoms with Crippen molar-refractivity contribution in [3.05, 3.63) is 52.2 Å². The maximum atomic E-state index is 13.4. The molecule has 0 aliphatic carbocycles. The average Bonchev–Trinajstić information content (AvgIpc) is 3.45. The molecule has 3 aromatic rings. The molecule has 1 fully saturated rings. The van der Waals surface area contributed by atoms with Gasteiger partial charge >= 0.3 is 0 Å². The topological polar surface area (TPSA) is 105 Å². The van der Waals surface area contributed by atoms with Gasteiger partial charge in [-0.2, -0.15) is 9.29 Å². The predicted octanol–water partition coefficient (Wildman–Crippen LogP) is 3.69. The highest BCUT2D eigenvalue weighted by Gasteiger charge is 2.35. The van der Waals surface area contributed by atoms with Crippen molar-refractivity contribution < 1.29 is 17.7 Å². The van der Waals surface area contributed by atoms with E-state index < -0.39 is 10.0 Å². The number of benzene rings is 1. The molecule has 1 N–H and O–H groups in total. The average molecular weight is 489 g/mol. The van der Waals surface area contributed by atoms with E-state index in [4.69, 9.17) is 4.52 Å². The number of hydrogen-bond acceptors (Lipinski definition) is 7. The number of nitrogens with one attached hydrogen (secondary N) is 1. The number of aryl methyl sites for hydroxylation is 3. The molecule has 2 aromatic heterocycles. The highest BCUT2D eigenvalue weighted by molar-refractivity contribution is 7.89. The second-order valence-electron chi connectivity index (χ2n) is 8.30. The molecule has 0 unspecified atom stereocenters. The van der Waals surface area contributed by atoms with E-state index in [9.17, 15) is 13.2 Å². The van der Waals surface area contributed by atoms with Crippen LogP contribution in [0.15, 0.2) is 39.8 Å². The number of amides is 1. The normalized spacial score (nSPS) is 17.2. The Balaban J connectivity index is 1.45. The molecule has 4 rings (SSSR count). The molecule has 1 aliphatic heterocycles.